The number of rotatable bonds is 2. The molecule has 140 valence electrons. The first-order valence-corrected chi connectivity index (χ1v) is 9.72. The summed E-state index contributed by atoms with van der Waals surface area (Å²) in [4.78, 5) is 26.0. The van der Waals surface area contributed by atoms with Crippen molar-refractivity contribution < 1.29 is 14.3 Å². The molecule has 3 saturated heterocycles. The Kier molecular flexibility index (Phi) is 4.09. The lowest BCUT2D eigenvalue weighted by molar-refractivity contribution is -0.136. The van der Waals surface area contributed by atoms with Crippen LogP contribution in [0.3, 0.4) is 0 Å². The number of ether oxygens (including phenoxy) is 2. The number of carbonyl (C=O) groups is 1. The minimum atomic E-state index is 0.0923. The fraction of sp³-hybridized carbons (Fsp3) is 0.737. The molecule has 4 fully saturated rings. The maximum atomic E-state index is 12.8. The number of carbonyl (C=O) groups excluding carboxylic acids is 1. The monoisotopic (exact) mass is 358 g/mol. The van der Waals surface area contributed by atoms with Crippen LogP contribution in [0.15, 0.2) is 18.5 Å². The van der Waals surface area contributed by atoms with Gasteiger partial charge in [-0.1, -0.05) is 0 Å². The summed E-state index contributed by atoms with van der Waals surface area (Å²) < 4.78 is 11.4. The van der Waals surface area contributed by atoms with E-state index in [0.29, 0.717) is 24.3 Å². The summed E-state index contributed by atoms with van der Waals surface area (Å²) in [5.41, 5.74) is 0.0923. The van der Waals surface area contributed by atoms with Crippen molar-refractivity contribution in [2.24, 2.45) is 23.2 Å². The molecule has 0 N–H and O–H groups in total. The average molecular weight is 358 g/mol. The van der Waals surface area contributed by atoms with Crippen LogP contribution < -0.4 is 4.90 Å². The molecule has 26 heavy (non-hydrogen) atoms. The molecule has 7 heteroatoms. The second kappa shape index (κ2) is 6.46. The lowest BCUT2D eigenvalue weighted by Gasteiger charge is -2.42. The zero-order valence-corrected chi connectivity index (χ0v) is 15.0. The molecular weight excluding hydrogens is 332 g/mol. The van der Waals surface area contributed by atoms with Gasteiger partial charge in [-0.2, -0.15) is 0 Å². The molecule has 1 aromatic heterocycles. The van der Waals surface area contributed by atoms with E-state index < -0.39 is 0 Å². The number of piperidine rings is 1. The molecule has 1 saturated carbocycles. The molecule has 5 rings (SSSR count). The van der Waals surface area contributed by atoms with Crippen molar-refractivity contribution in [2.75, 3.05) is 57.5 Å². The summed E-state index contributed by atoms with van der Waals surface area (Å²) in [7, 11) is 0. The van der Waals surface area contributed by atoms with Gasteiger partial charge in [-0.15, -0.1) is 0 Å². The predicted molar refractivity (Wildman–Crippen MR) is 94.6 cm³/mol. The maximum absolute atomic E-state index is 12.8. The van der Waals surface area contributed by atoms with Crippen LogP contribution in [0.2, 0.25) is 0 Å². The van der Waals surface area contributed by atoms with Crippen molar-refractivity contribution in [1.82, 2.24) is 14.9 Å². The third-order valence-corrected chi connectivity index (χ3v) is 6.65. The highest BCUT2D eigenvalue weighted by Crippen LogP contribution is 2.52. The summed E-state index contributed by atoms with van der Waals surface area (Å²) >= 11 is 0. The lowest BCUT2D eigenvalue weighted by Crippen LogP contribution is -2.49. The molecule has 1 amide bonds. The third kappa shape index (κ3) is 2.87. The van der Waals surface area contributed by atoms with E-state index in [0.717, 1.165) is 64.8 Å². The Balaban J connectivity index is 1.23. The largest absolute Gasteiger partial charge is 0.381 e. The van der Waals surface area contributed by atoms with Crippen molar-refractivity contribution in [2.45, 2.75) is 12.8 Å². The van der Waals surface area contributed by atoms with Gasteiger partial charge in [0, 0.05) is 49.9 Å². The van der Waals surface area contributed by atoms with Crippen molar-refractivity contribution in [3.63, 3.8) is 0 Å². The van der Waals surface area contributed by atoms with Crippen LogP contribution in [-0.4, -0.2) is 73.4 Å². The van der Waals surface area contributed by atoms with E-state index in [1.165, 1.54) is 0 Å². The highest BCUT2D eigenvalue weighted by molar-refractivity contribution is 5.82. The molecule has 3 aliphatic heterocycles. The quantitative estimate of drug-likeness (QED) is 0.780. The Morgan fingerprint density at radius 1 is 1.08 bits per heavy atom. The summed E-state index contributed by atoms with van der Waals surface area (Å²) in [6.45, 7) is 6.42. The predicted octanol–water partition coefficient (Wildman–Crippen LogP) is 0.814. The summed E-state index contributed by atoms with van der Waals surface area (Å²) in [5, 5.41) is 0. The normalized spacial score (nSPS) is 33.0. The average Bonchev–Trinajstić information content (AvgIpc) is 3.25. The molecule has 7 nitrogen and oxygen atoms in total. The Morgan fingerprint density at radius 3 is 2.54 bits per heavy atom. The number of anilines is 1. The van der Waals surface area contributed by atoms with E-state index in [4.69, 9.17) is 9.47 Å². The molecule has 1 unspecified atom stereocenters. The molecule has 0 aromatic carbocycles. The van der Waals surface area contributed by atoms with Crippen LogP contribution in [0.1, 0.15) is 12.8 Å². The Morgan fingerprint density at radius 2 is 1.81 bits per heavy atom. The van der Waals surface area contributed by atoms with Gasteiger partial charge in [0.15, 0.2) is 0 Å². The number of nitrogens with zero attached hydrogens (tertiary/aromatic N) is 4. The van der Waals surface area contributed by atoms with Crippen molar-refractivity contribution in [3.8, 4) is 0 Å². The smallest absolute Gasteiger partial charge is 0.226 e. The van der Waals surface area contributed by atoms with Gasteiger partial charge in [0.05, 0.1) is 26.4 Å². The molecule has 3 atom stereocenters. The van der Waals surface area contributed by atoms with E-state index in [9.17, 15) is 4.79 Å². The second-order valence-electron chi connectivity index (χ2n) is 8.24. The van der Waals surface area contributed by atoms with Crippen LogP contribution in [0.4, 0.5) is 5.95 Å². The zero-order valence-electron chi connectivity index (χ0n) is 15.0. The zero-order chi connectivity index (χ0) is 17.6. The molecule has 1 aliphatic carbocycles. The van der Waals surface area contributed by atoms with Gasteiger partial charge in [0.25, 0.3) is 0 Å². The minimum Gasteiger partial charge on any atom is -0.381 e. The Bertz CT molecular complexity index is 652. The number of likely N-dealkylation sites (tertiary alicyclic amines) is 1. The van der Waals surface area contributed by atoms with Crippen molar-refractivity contribution in [3.05, 3.63) is 18.5 Å². The highest BCUT2D eigenvalue weighted by Gasteiger charge is 2.59. The molecule has 0 radical (unpaired) electrons. The number of amides is 1. The van der Waals surface area contributed by atoms with E-state index in [1.807, 2.05) is 6.07 Å². The topological polar surface area (TPSA) is 67.8 Å². The van der Waals surface area contributed by atoms with Gasteiger partial charge >= 0.3 is 0 Å². The van der Waals surface area contributed by atoms with Gasteiger partial charge in [0.1, 0.15) is 0 Å². The van der Waals surface area contributed by atoms with Crippen molar-refractivity contribution >= 4 is 11.9 Å². The summed E-state index contributed by atoms with van der Waals surface area (Å²) in [6.07, 6.45) is 5.55. The SMILES string of the molecule is O=C(C1[C@H]2COC[C@@H]12)N1CCC2(CC1)COCCN(c1ncccn1)C2. The van der Waals surface area contributed by atoms with E-state index in [-0.39, 0.29) is 11.3 Å². The fourth-order valence-corrected chi connectivity index (χ4v) is 4.94. The molecule has 0 bridgehead atoms. The number of aromatic nitrogens is 2. The number of hydrogen-bond donors (Lipinski definition) is 0. The fourth-order valence-electron chi connectivity index (χ4n) is 4.94. The first kappa shape index (κ1) is 16.4. The second-order valence-corrected chi connectivity index (χ2v) is 8.24. The Labute approximate surface area is 153 Å². The number of fused-ring (bicyclic) bond motifs is 1. The van der Waals surface area contributed by atoms with Gasteiger partial charge in [-0.3, -0.25) is 4.79 Å². The Hall–Kier alpha value is -1.73. The van der Waals surface area contributed by atoms with Gasteiger partial charge in [0.2, 0.25) is 11.9 Å². The molecule has 1 spiro atoms. The highest BCUT2D eigenvalue weighted by atomic mass is 16.5. The van der Waals surface area contributed by atoms with E-state index >= 15 is 0 Å². The van der Waals surface area contributed by atoms with E-state index in [2.05, 4.69) is 19.8 Å². The van der Waals surface area contributed by atoms with Gasteiger partial charge in [-0.25, -0.2) is 9.97 Å². The third-order valence-electron chi connectivity index (χ3n) is 6.65. The van der Waals surface area contributed by atoms with E-state index in [1.54, 1.807) is 12.4 Å². The maximum Gasteiger partial charge on any atom is 0.226 e. The number of hydrogen-bond acceptors (Lipinski definition) is 6. The van der Waals surface area contributed by atoms with Gasteiger partial charge in [-0.05, 0) is 30.7 Å². The first-order valence-electron chi connectivity index (χ1n) is 9.72. The first-order chi connectivity index (χ1) is 12.8. The molecule has 4 heterocycles. The van der Waals surface area contributed by atoms with Crippen LogP contribution >= 0.6 is 0 Å². The van der Waals surface area contributed by atoms with Crippen LogP contribution in [0.25, 0.3) is 0 Å². The van der Waals surface area contributed by atoms with Crippen LogP contribution in [-0.2, 0) is 14.3 Å². The minimum absolute atomic E-state index is 0.0923. The summed E-state index contributed by atoms with van der Waals surface area (Å²) in [5.74, 6) is 2.35. The standard InChI is InChI=1S/C19H26N4O3/c24-17(16-14-10-26-11-15(14)16)22-6-2-19(3-7-22)12-23(8-9-25-13-19)18-20-4-1-5-21-18/h1,4-5,14-16H,2-3,6-13H2/t14-,15+,16?. The molecular formula is C19H26N4O3. The molecule has 4 aliphatic rings. The van der Waals surface area contributed by atoms with Crippen LogP contribution in [0, 0.1) is 23.2 Å². The van der Waals surface area contributed by atoms with Gasteiger partial charge < -0.3 is 19.3 Å². The lowest BCUT2D eigenvalue weighted by atomic mass is 9.78. The summed E-state index contributed by atoms with van der Waals surface area (Å²) in [6, 6.07) is 1.84. The van der Waals surface area contributed by atoms with Crippen molar-refractivity contribution in [1.29, 1.82) is 0 Å². The van der Waals surface area contributed by atoms with Crippen LogP contribution in [0.5, 0.6) is 0 Å². The molecule has 1 aromatic rings.